The molecule has 0 saturated carbocycles. The quantitative estimate of drug-likeness (QED) is 0.738. The van der Waals surface area contributed by atoms with Gasteiger partial charge < -0.3 is 4.98 Å². The van der Waals surface area contributed by atoms with E-state index in [-0.39, 0.29) is 0 Å². The molecule has 23 heavy (non-hydrogen) atoms. The SMILES string of the molecule is Cc1ccccc1CN1CC=C(c2c[nH]c3ccccc23)CC1. The molecule has 2 aromatic carbocycles. The molecular weight excluding hydrogens is 280 g/mol. The van der Waals surface area contributed by atoms with Crippen LogP contribution in [0.25, 0.3) is 16.5 Å². The van der Waals surface area contributed by atoms with Crippen LogP contribution in [0.4, 0.5) is 0 Å². The summed E-state index contributed by atoms with van der Waals surface area (Å²) < 4.78 is 0. The van der Waals surface area contributed by atoms with Gasteiger partial charge in [0.25, 0.3) is 0 Å². The van der Waals surface area contributed by atoms with Crippen molar-refractivity contribution in [1.29, 1.82) is 0 Å². The van der Waals surface area contributed by atoms with Crippen molar-refractivity contribution in [1.82, 2.24) is 9.88 Å². The normalized spacial score (nSPS) is 15.8. The number of hydrogen-bond donors (Lipinski definition) is 1. The van der Waals surface area contributed by atoms with Crippen molar-refractivity contribution in [3.63, 3.8) is 0 Å². The molecule has 3 aromatic rings. The van der Waals surface area contributed by atoms with E-state index in [9.17, 15) is 0 Å². The van der Waals surface area contributed by atoms with Gasteiger partial charge in [0, 0.05) is 42.3 Å². The Hall–Kier alpha value is -2.32. The lowest BCUT2D eigenvalue weighted by Gasteiger charge is -2.27. The van der Waals surface area contributed by atoms with Crippen molar-refractivity contribution in [2.45, 2.75) is 19.9 Å². The van der Waals surface area contributed by atoms with E-state index in [1.807, 2.05) is 0 Å². The zero-order chi connectivity index (χ0) is 15.6. The van der Waals surface area contributed by atoms with Gasteiger partial charge in [-0.2, -0.15) is 0 Å². The predicted octanol–water partition coefficient (Wildman–Crippen LogP) is 4.77. The largest absolute Gasteiger partial charge is 0.361 e. The van der Waals surface area contributed by atoms with Crippen LogP contribution >= 0.6 is 0 Å². The number of rotatable bonds is 3. The van der Waals surface area contributed by atoms with Gasteiger partial charge in [-0.1, -0.05) is 48.5 Å². The molecule has 116 valence electrons. The Bertz CT molecular complexity index is 857. The molecule has 1 N–H and O–H groups in total. The molecule has 0 unspecified atom stereocenters. The highest BCUT2D eigenvalue weighted by Gasteiger charge is 2.16. The molecule has 0 fully saturated rings. The van der Waals surface area contributed by atoms with Gasteiger partial charge in [-0.05, 0) is 36.1 Å². The van der Waals surface area contributed by atoms with E-state index in [4.69, 9.17) is 0 Å². The van der Waals surface area contributed by atoms with Crippen molar-refractivity contribution in [3.8, 4) is 0 Å². The Morgan fingerprint density at radius 3 is 2.70 bits per heavy atom. The lowest BCUT2D eigenvalue weighted by molar-refractivity contribution is 0.293. The first-order valence-corrected chi connectivity index (χ1v) is 8.33. The van der Waals surface area contributed by atoms with Crippen LogP contribution in [-0.4, -0.2) is 23.0 Å². The van der Waals surface area contributed by atoms with E-state index in [1.54, 1.807) is 0 Å². The van der Waals surface area contributed by atoms with E-state index >= 15 is 0 Å². The average Bonchev–Trinajstić information content (AvgIpc) is 3.02. The number of nitrogens with one attached hydrogen (secondary N) is 1. The highest BCUT2D eigenvalue weighted by molar-refractivity contribution is 5.92. The van der Waals surface area contributed by atoms with E-state index in [2.05, 4.69) is 77.6 Å². The number of H-pyrrole nitrogens is 1. The second-order valence-electron chi connectivity index (χ2n) is 6.39. The first-order chi connectivity index (χ1) is 11.3. The summed E-state index contributed by atoms with van der Waals surface area (Å²) in [5, 5.41) is 1.34. The summed E-state index contributed by atoms with van der Waals surface area (Å²) in [4.78, 5) is 5.92. The van der Waals surface area contributed by atoms with Crippen LogP contribution in [-0.2, 0) is 6.54 Å². The van der Waals surface area contributed by atoms with Crippen LogP contribution in [0.2, 0.25) is 0 Å². The molecule has 0 saturated heterocycles. The Balaban J connectivity index is 1.52. The molecule has 0 amide bonds. The first kappa shape index (κ1) is 14.3. The van der Waals surface area contributed by atoms with Crippen LogP contribution in [0.3, 0.4) is 0 Å². The topological polar surface area (TPSA) is 19.0 Å². The number of aromatic amines is 1. The van der Waals surface area contributed by atoms with E-state index < -0.39 is 0 Å². The Kier molecular flexibility index (Phi) is 3.76. The van der Waals surface area contributed by atoms with Crippen molar-refractivity contribution < 1.29 is 0 Å². The summed E-state index contributed by atoms with van der Waals surface area (Å²) in [6.45, 7) is 5.40. The third kappa shape index (κ3) is 2.82. The third-order valence-corrected chi connectivity index (χ3v) is 4.88. The van der Waals surface area contributed by atoms with Gasteiger partial charge in [0.1, 0.15) is 0 Å². The molecule has 0 bridgehead atoms. The number of aryl methyl sites for hydroxylation is 1. The summed E-state index contributed by atoms with van der Waals surface area (Å²) in [5.74, 6) is 0. The molecule has 0 spiro atoms. The standard InChI is InChI=1S/C21H22N2/c1-16-6-2-3-7-18(16)15-23-12-10-17(11-13-23)20-14-22-21-9-5-4-8-19(20)21/h2-10,14,22H,11-13,15H2,1H3. The molecule has 2 heteroatoms. The van der Waals surface area contributed by atoms with E-state index in [0.29, 0.717) is 0 Å². The second-order valence-corrected chi connectivity index (χ2v) is 6.39. The van der Waals surface area contributed by atoms with Gasteiger partial charge in [-0.15, -0.1) is 0 Å². The van der Waals surface area contributed by atoms with Gasteiger partial charge in [-0.3, -0.25) is 4.90 Å². The van der Waals surface area contributed by atoms with Crippen molar-refractivity contribution in [2.24, 2.45) is 0 Å². The number of fused-ring (bicyclic) bond motifs is 1. The maximum Gasteiger partial charge on any atom is 0.0460 e. The molecule has 2 heterocycles. The summed E-state index contributed by atoms with van der Waals surface area (Å²) in [6.07, 6.45) is 5.68. The molecular formula is C21H22N2. The minimum atomic E-state index is 1.03. The van der Waals surface area contributed by atoms with Crippen LogP contribution < -0.4 is 0 Å². The molecule has 2 nitrogen and oxygen atoms in total. The average molecular weight is 302 g/mol. The van der Waals surface area contributed by atoms with Crippen LogP contribution in [0.15, 0.2) is 60.8 Å². The zero-order valence-electron chi connectivity index (χ0n) is 13.5. The zero-order valence-corrected chi connectivity index (χ0v) is 13.5. The fraction of sp³-hybridized carbons (Fsp3) is 0.238. The molecule has 0 radical (unpaired) electrons. The summed E-state index contributed by atoms with van der Waals surface area (Å²) in [6, 6.07) is 17.3. The molecule has 1 aliphatic heterocycles. The summed E-state index contributed by atoms with van der Waals surface area (Å²) in [5.41, 5.74) is 6.90. The molecule has 0 aliphatic carbocycles. The van der Waals surface area contributed by atoms with Gasteiger partial charge in [0.15, 0.2) is 0 Å². The molecule has 0 atom stereocenters. The number of nitrogens with zero attached hydrogens (tertiary/aromatic N) is 1. The lowest BCUT2D eigenvalue weighted by atomic mass is 9.98. The van der Waals surface area contributed by atoms with Crippen LogP contribution in [0, 0.1) is 6.92 Å². The summed E-state index contributed by atoms with van der Waals surface area (Å²) >= 11 is 0. The maximum absolute atomic E-state index is 3.39. The van der Waals surface area contributed by atoms with Crippen molar-refractivity contribution >= 4 is 16.5 Å². The number of para-hydroxylation sites is 1. The maximum atomic E-state index is 3.39. The van der Waals surface area contributed by atoms with Gasteiger partial charge in [0.05, 0.1) is 0 Å². The van der Waals surface area contributed by atoms with Crippen LogP contribution in [0.5, 0.6) is 0 Å². The molecule has 1 aliphatic rings. The van der Waals surface area contributed by atoms with Gasteiger partial charge in [-0.25, -0.2) is 0 Å². The number of benzene rings is 2. The fourth-order valence-corrected chi connectivity index (χ4v) is 3.47. The monoisotopic (exact) mass is 302 g/mol. The minimum Gasteiger partial charge on any atom is -0.361 e. The van der Waals surface area contributed by atoms with Gasteiger partial charge >= 0.3 is 0 Å². The Morgan fingerprint density at radius 2 is 1.87 bits per heavy atom. The van der Waals surface area contributed by atoms with Crippen molar-refractivity contribution in [2.75, 3.05) is 13.1 Å². The van der Waals surface area contributed by atoms with Gasteiger partial charge in [0.2, 0.25) is 0 Å². The molecule has 1 aromatic heterocycles. The van der Waals surface area contributed by atoms with E-state index in [1.165, 1.54) is 33.2 Å². The Morgan fingerprint density at radius 1 is 1.04 bits per heavy atom. The fourth-order valence-electron chi connectivity index (χ4n) is 3.47. The lowest BCUT2D eigenvalue weighted by Crippen LogP contribution is -2.28. The van der Waals surface area contributed by atoms with Crippen LogP contribution in [0.1, 0.15) is 23.1 Å². The molecule has 4 rings (SSSR count). The predicted molar refractivity (Wildman–Crippen MR) is 97.3 cm³/mol. The third-order valence-electron chi connectivity index (χ3n) is 4.88. The first-order valence-electron chi connectivity index (χ1n) is 8.33. The van der Waals surface area contributed by atoms with Crippen molar-refractivity contribution in [3.05, 3.63) is 77.5 Å². The Labute approximate surface area is 137 Å². The summed E-state index contributed by atoms with van der Waals surface area (Å²) in [7, 11) is 0. The highest BCUT2D eigenvalue weighted by atomic mass is 15.1. The minimum absolute atomic E-state index is 1.03. The van der Waals surface area contributed by atoms with E-state index in [0.717, 1.165) is 26.1 Å². The highest BCUT2D eigenvalue weighted by Crippen LogP contribution is 2.29. The smallest absolute Gasteiger partial charge is 0.0460 e. The second kappa shape index (κ2) is 6.05. The number of aromatic nitrogens is 1. The number of hydrogen-bond acceptors (Lipinski definition) is 1.